The summed E-state index contributed by atoms with van der Waals surface area (Å²) in [7, 11) is 0. The summed E-state index contributed by atoms with van der Waals surface area (Å²) in [5, 5.41) is 3.51. The lowest BCUT2D eigenvalue weighted by atomic mass is 10.0. The van der Waals surface area contributed by atoms with Crippen LogP contribution in [0.15, 0.2) is 41.3 Å². The van der Waals surface area contributed by atoms with Gasteiger partial charge in [-0.1, -0.05) is 6.92 Å². The molecule has 0 spiro atoms. The van der Waals surface area contributed by atoms with E-state index in [9.17, 15) is 0 Å². The minimum absolute atomic E-state index is 0.118. The third-order valence-electron chi connectivity index (χ3n) is 2.80. The maximum atomic E-state index is 5.52. The fourth-order valence-electron chi connectivity index (χ4n) is 1.92. The Hall–Kier alpha value is -1.61. The summed E-state index contributed by atoms with van der Waals surface area (Å²) in [5.74, 6) is 0.952. The second-order valence-corrected chi connectivity index (χ2v) is 4.13. The largest absolute Gasteiger partial charge is 0.467 e. The quantitative estimate of drug-likeness (QED) is 0.857. The fourth-order valence-corrected chi connectivity index (χ4v) is 1.92. The Morgan fingerprint density at radius 3 is 2.94 bits per heavy atom. The average Bonchev–Trinajstić information content (AvgIpc) is 2.85. The highest BCUT2D eigenvalue weighted by molar-refractivity contribution is 5.31. The highest BCUT2D eigenvalue weighted by Gasteiger charge is 2.17. The summed E-state index contributed by atoms with van der Waals surface area (Å²) in [6.45, 7) is 5.20. The smallest absolute Gasteiger partial charge is 0.125 e. The first kappa shape index (κ1) is 11.9. The highest BCUT2D eigenvalue weighted by atomic mass is 16.3. The monoisotopic (exact) mass is 230 g/mol. The van der Waals surface area contributed by atoms with Crippen molar-refractivity contribution < 1.29 is 4.42 Å². The maximum absolute atomic E-state index is 5.52. The van der Waals surface area contributed by atoms with Gasteiger partial charge in [0.25, 0.3) is 0 Å². The molecular weight excluding hydrogens is 212 g/mol. The first-order valence-corrected chi connectivity index (χ1v) is 6.00. The molecule has 3 nitrogen and oxygen atoms in total. The summed E-state index contributed by atoms with van der Waals surface area (Å²) < 4.78 is 5.52. The zero-order valence-corrected chi connectivity index (χ0v) is 10.3. The lowest BCUT2D eigenvalue weighted by Gasteiger charge is -2.18. The Morgan fingerprint density at radius 2 is 2.29 bits per heavy atom. The number of nitrogens with one attached hydrogen (secondary N) is 1. The fraction of sp³-hybridized carbons (Fsp3) is 0.357. The molecule has 2 aromatic heterocycles. The molecule has 0 aromatic carbocycles. The second-order valence-electron chi connectivity index (χ2n) is 4.13. The van der Waals surface area contributed by atoms with Crippen molar-refractivity contribution in [3.63, 3.8) is 0 Å². The van der Waals surface area contributed by atoms with Crippen LogP contribution in [0.2, 0.25) is 0 Å². The second kappa shape index (κ2) is 5.64. The van der Waals surface area contributed by atoms with Crippen LogP contribution in [0.5, 0.6) is 0 Å². The van der Waals surface area contributed by atoms with Crippen molar-refractivity contribution in [1.29, 1.82) is 0 Å². The van der Waals surface area contributed by atoms with Gasteiger partial charge < -0.3 is 9.73 Å². The Morgan fingerprint density at radius 1 is 1.41 bits per heavy atom. The molecule has 1 unspecified atom stereocenters. The van der Waals surface area contributed by atoms with Crippen LogP contribution in [0.3, 0.4) is 0 Å². The van der Waals surface area contributed by atoms with Crippen molar-refractivity contribution in [2.24, 2.45) is 0 Å². The summed E-state index contributed by atoms with van der Waals surface area (Å²) in [6, 6.07) is 6.10. The van der Waals surface area contributed by atoms with Crippen LogP contribution in [0.4, 0.5) is 0 Å². The molecular formula is C14H18N2O. The van der Waals surface area contributed by atoms with Gasteiger partial charge in [0, 0.05) is 12.4 Å². The van der Waals surface area contributed by atoms with E-state index in [1.54, 1.807) is 6.26 Å². The molecule has 2 rings (SSSR count). The molecule has 0 radical (unpaired) electrons. The molecule has 0 aliphatic rings. The molecule has 0 amide bonds. The normalized spacial score (nSPS) is 12.6. The number of furan rings is 1. The predicted octanol–water partition coefficient (Wildman–Crippen LogP) is 3.07. The van der Waals surface area contributed by atoms with Gasteiger partial charge in [-0.3, -0.25) is 4.98 Å². The highest BCUT2D eigenvalue weighted by Crippen LogP contribution is 2.24. The standard InChI is InChI=1S/C14H18N2O/c1-3-7-16-14(13-5-4-9-17-13)12-6-8-15-10-11(12)2/h4-6,8-10,14,16H,3,7H2,1-2H3. The molecule has 17 heavy (non-hydrogen) atoms. The Kier molecular flexibility index (Phi) is 3.94. The van der Waals surface area contributed by atoms with Crippen LogP contribution >= 0.6 is 0 Å². The Labute approximate surface area is 102 Å². The number of aromatic nitrogens is 1. The Balaban J connectivity index is 2.30. The van der Waals surface area contributed by atoms with Gasteiger partial charge in [0.1, 0.15) is 5.76 Å². The number of rotatable bonds is 5. The molecule has 1 atom stereocenters. The maximum Gasteiger partial charge on any atom is 0.125 e. The molecule has 0 aliphatic heterocycles. The van der Waals surface area contributed by atoms with Gasteiger partial charge in [0.2, 0.25) is 0 Å². The number of hydrogen-bond donors (Lipinski definition) is 1. The van der Waals surface area contributed by atoms with Crippen molar-refractivity contribution in [1.82, 2.24) is 10.3 Å². The number of hydrogen-bond acceptors (Lipinski definition) is 3. The van der Waals surface area contributed by atoms with Crippen molar-refractivity contribution in [2.45, 2.75) is 26.3 Å². The van der Waals surface area contributed by atoms with Gasteiger partial charge in [-0.15, -0.1) is 0 Å². The van der Waals surface area contributed by atoms with Crippen LogP contribution in [0.25, 0.3) is 0 Å². The van der Waals surface area contributed by atoms with Crippen LogP contribution in [-0.2, 0) is 0 Å². The van der Waals surface area contributed by atoms with Gasteiger partial charge in [0.15, 0.2) is 0 Å². The van der Waals surface area contributed by atoms with Crippen LogP contribution < -0.4 is 5.32 Å². The van der Waals surface area contributed by atoms with Gasteiger partial charge in [-0.05, 0) is 49.2 Å². The van der Waals surface area contributed by atoms with Crippen molar-refractivity contribution >= 4 is 0 Å². The van der Waals surface area contributed by atoms with E-state index < -0.39 is 0 Å². The van der Waals surface area contributed by atoms with Crippen molar-refractivity contribution in [3.8, 4) is 0 Å². The van der Waals surface area contributed by atoms with E-state index in [0.29, 0.717) is 0 Å². The van der Waals surface area contributed by atoms with Crippen LogP contribution in [0, 0.1) is 6.92 Å². The van der Waals surface area contributed by atoms with E-state index in [1.165, 1.54) is 11.1 Å². The number of aryl methyl sites for hydroxylation is 1. The molecule has 2 heterocycles. The number of nitrogens with zero attached hydrogens (tertiary/aromatic N) is 1. The van der Waals surface area contributed by atoms with E-state index in [4.69, 9.17) is 4.42 Å². The molecule has 1 N–H and O–H groups in total. The molecule has 0 saturated carbocycles. The summed E-state index contributed by atoms with van der Waals surface area (Å²) in [5.41, 5.74) is 2.40. The van der Waals surface area contributed by atoms with Gasteiger partial charge >= 0.3 is 0 Å². The van der Waals surface area contributed by atoms with Crippen LogP contribution in [0.1, 0.15) is 36.3 Å². The van der Waals surface area contributed by atoms with E-state index >= 15 is 0 Å². The molecule has 90 valence electrons. The van der Waals surface area contributed by atoms with Gasteiger partial charge in [-0.2, -0.15) is 0 Å². The Bertz CT molecular complexity index is 451. The van der Waals surface area contributed by atoms with E-state index in [-0.39, 0.29) is 6.04 Å². The zero-order chi connectivity index (χ0) is 12.1. The third-order valence-corrected chi connectivity index (χ3v) is 2.80. The summed E-state index contributed by atoms with van der Waals surface area (Å²) >= 11 is 0. The zero-order valence-electron chi connectivity index (χ0n) is 10.3. The first-order chi connectivity index (χ1) is 8.33. The topological polar surface area (TPSA) is 38.1 Å². The van der Waals surface area contributed by atoms with E-state index in [1.807, 2.05) is 30.6 Å². The number of pyridine rings is 1. The van der Waals surface area contributed by atoms with Crippen molar-refractivity contribution in [3.05, 3.63) is 53.7 Å². The lowest BCUT2D eigenvalue weighted by Crippen LogP contribution is -2.23. The minimum Gasteiger partial charge on any atom is -0.467 e. The average molecular weight is 230 g/mol. The molecule has 0 aliphatic carbocycles. The SMILES string of the molecule is CCCNC(c1ccco1)c1ccncc1C. The lowest BCUT2D eigenvalue weighted by molar-refractivity contribution is 0.445. The third kappa shape index (κ3) is 2.74. The van der Waals surface area contributed by atoms with Gasteiger partial charge in [-0.25, -0.2) is 0 Å². The predicted molar refractivity (Wildman–Crippen MR) is 67.8 cm³/mol. The van der Waals surface area contributed by atoms with E-state index in [0.717, 1.165) is 18.7 Å². The van der Waals surface area contributed by atoms with E-state index in [2.05, 4.69) is 24.1 Å². The summed E-state index contributed by atoms with van der Waals surface area (Å²) in [4.78, 5) is 4.13. The minimum atomic E-state index is 0.118. The van der Waals surface area contributed by atoms with Crippen LogP contribution in [-0.4, -0.2) is 11.5 Å². The molecule has 2 aromatic rings. The molecule has 3 heteroatoms. The molecule has 0 bridgehead atoms. The first-order valence-electron chi connectivity index (χ1n) is 6.00. The molecule has 0 fully saturated rings. The van der Waals surface area contributed by atoms with Gasteiger partial charge in [0.05, 0.1) is 12.3 Å². The molecule has 0 saturated heterocycles. The summed E-state index contributed by atoms with van der Waals surface area (Å²) in [6.07, 6.45) is 6.53. The van der Waals surface area contributed by atoms with Crippen molar-refractivity contribution in [2.75, 3.05) is 6.54 Å².